The van der Waals surface area contributed by atoms with E-state index in [0.29, 0.717) is 5.82 Å². The van der Waals surface area contributed by atoms with Crippen LogP contribution in [0, 0.1) is 10.8 Å². The van der Waals surface area contributed by atoms with Crippen LogP contribution in [0.4, 0.5) is 0 Å². The summed E-state index contributed by atoms with van der Waals surface area (Å²) in [7, 11) is -3.90. The molecule has 0 saturated carbocycles. The van der Waals surface area contributed by atoms with Crippen molar-refractivity contribution in [2.24, 2.45) is 16.6 Å². The summed E-state index contributed by atoms with van der Waals surface area (Å²) < 4.78 is 34.8. The molecule has 0 aliphatic carbocycles. The monoisotopic (exact) mass is 635 g/mol. The molecule has 1 atom stereocenters. The molecule has 0 bridgehead atoms. The number of aryl methyl sites for hydroxylation is 1. The number of nitrogens with two attached hydrogens (primary N) is 1. The highest BCUT2D eigenvalue weighted by atomic mass is 31.2. The number of rotatable bonds is 18. The van der Waals surface area contributed by atoms with E-state index >= 15 is 0 Å². The summed E-state index contributed by atoms with van der Waals surface area (Å²) in [5.74, 6) is -0.538. The Bertz CT molecular complexity index is 1190. The lowest BCUT2D eigenvalue weighted by Crippen LogP contribution is -2.35. The number of nitrogens with zero attached hydrogens (tertiary/aromatic N) is 1. The summed E-state index contributed by atoms with van der Waals surface area (Å²) in [6.07, 6.45) is 10.4. The molecule has 0 spiro atoms. The molecule has 0 radical (unpaired) electrons. The Balaban J connectivity index is 2.03. The maximum atomic E-state index is 13.6. The van der Waals surface area contributed by atoms with Crippen molar-refractivity contribution in [3.63, 3.8) is 0 Å². The first-order chi connectivity index (χ1) is 20.5. The minimum absolute atomic E-state index is 0.136. The van der Waals surface area contributed by atoms with Crippen molar-refractivity contribution in [2.45, 2.75) is 112 Å². The van der Waals surface area contributed by atoms with Gasteiger partial charge in [0.15, 0.2) is 0 Å². The third-order valence-electron chi connectivity index (χ3n) is 7.21. The van der Waals surface area contributed by atoms with E-state index < -0.39 is 49.5 Å². The van der Waals surface area contributed by atoms with Gasteiger partial charge in [0.05, 0.1) is 34.4 Å². The second-order valence-corrected chi connectivity index (χ2v) is 15.9. The Labute approximate surface area is 263 Å². The fourth-order valence-electron chi connectivity index (χ4n) is 4.13. The molecule has 44 heavy (non-hydrogen) atoms. The average Bonchev–Trinajstić information content (AvgIpc) is 3.45. The molecule has 3 N–H and O–H groups in total. The number of aromatic nitrogens is 2. The van der Waals surface area contributed by atoms with Gasteiger partial charge in [0.25, 0.3) is 0 Å². The molecule has 11 heteroatoms. The first-order valence-electron chi connectivity index (χ1n) is 15.6. The Morgan fingerprint density at radius 3 is 1.89 bits per heavy atom. The minimum atomic E-state index is -3.90. The fourth-order valence-corrected chi connectivity index (χ4v) is 5.62. The normalized spacial score (nSPS) is 13.8. The lowest BCUT2D eigenvalue weighted by Gasteiger charge is -2.26. The van der Waals surface area contributed by atoms with E-state index in [0.717, 1.165) is 17.7 Å². The van der Waals surface area contributed by atoms with Gasteiger partial charge in [-0.1, -0.05) is 63.3 Å². The summed E-state index contributed by atoms with van der Waals surface area (Å²) in [6, 6.07) is 8.44. The van der Waals surface area contributed by atoms with Gasteiger partial charge in [-0.3, -0.25) is 23.2 Å². The number of nitrogens with one attached hydrogen (secondary N) is 1. The van der Waals surface area contributed by atoms with Gasteiger partial charge >= 0.3 is 19.5 Å². The quantitative estimate of drug-likeness (QED) is 0.0724. The van der Waals surface area contributed by atoms with Crippen LogP contribution in [0.15, 0.2) is 30.5 Å². The molecule has 1 heterocycles. The van der Waals surface area contributed by atoms with Gasteiger partial charge in [-0.2, -0.15) is 0 Å². The van der Waals surface area contributed by atoms with Crippen molar-refractivity contribution in [1.82, 2.24) is 9.97 Å². The first-order valence-corrected chi connectivity index (χ1v) is 17.4. The van der Waals surface area contributed by atoms with Crippen molar-refractivity contribution in [1.29, 1.82) is 0 Å². The van der Waals surface area contributed by atoms with Crippen molar-refractivity contribution >= 4 is 19.5 Å². The van der Waals surface area contributed by atoms with Gasteiger partial charge in [-0.25, -0.2) is 4.98 Å². The predicted octanol–water partition coefficient (Wildman–Crippen LogP) is 7.86. The number of H-pyrrole nitrogens is 1. The molecule has 0 aliphatic heterocycles. The van der Waals surface area contributed by atoms with Crippen LogP contribution in [0.25, 0.3) is 11.3 Å². The zero-order valence-corrected chi connectivity index (χ0v) is 28.9. The van der Waals surface area contributed by atoms with E-state index in [1.165, 1.54) is 44.1 Å². The predicted molar refractivity (Wildman–Crippen MR) is 173 cm³/mol. The van der Waals surface area contributed by atoms with Gasteiger partial charge in [0.1, 0.15) is 5.82 Å². The Morgan fingerprint density at radius 1 is 0.841 bits per heavy atom. The number of hydrogen-bond acceptors (Lipinski definition) is 9. The van der Waals surface area contributed by atoms with Crippen LogP contribution < -0.4 is 5.73 Å². The molecule has 248 valence electrons. The molecule has 0 unspecified atom stereocenters. The molecule has 0 saturated heterocycles. The number of aromatic amines is 1. The van der Waals surface area contributed by atoms with E-state index in [9.17, 15) is 14.2 Å². The Hall–Kier alpha value is -2.52. The number of carbonyl (C=O) groups is 2. The fraction of sp³-hybridized carbons (Fsp3) is 0.667. The molecular weight excluding hydrogens is 581 g/mol. The van der Waals surface area contributed by atoms with Crippen LogP contribution >= 0.6 is 7.60 Å². The van der Waals surface area contributed by atoms with Gasteiger partial charge < -0.3 is 20.2 Å². The second kappa shape index (κ2) is 16.7. The molecule has 2 aromatic rings. The van der Waals surface area contributed by atoms with E-state index in [2.05, 4.69) is 41.2 Å². The summed E-state index contributed by atoms with van der Waals surface area (Å²) in [5.41, 5.74) is 7.19. The van der Waals surface area contributed by atoms with Crippen LogP contribution in [0.5, 0.6) is 0 Å². The lowest BCUT2D eigenvalue weighted by atomic mass is 9.98. The highest BCUT2D eigenvalue weighted by molar-refractivity contribution is 7.53. The summed E-state index contributed by atoms with van der Waals surface area (Å²) in [5, 5.41) is 0. The van der Waals surface area contributed by atoms with E-state index in [4.69, 9.17) is 24.3 Å². The van der Waals surface area contributed by atoms with Crippen LogP contribution in [-0.2, 0) is 44.6 Å². The van der Waals surface area contributed by atoms with Crippen LogP contribution in [0.2, 0.25) is 0 Å². The van der Waals surface area contributed by atoms with Crippen LogP contribution in [-0.4, -0.2) is 41.7 Å². The number of benzene rings is 1. The number of unbranched alkanes of at least 4 members (excludes halogenated alkanes) is 5. The molecule has 1 aromatic heterocycles. The van der Waals surface area contributed by atoms with Crippen molar-refractivity contribution in [3.8, 4) is 11.3 Å². The molecule has 0 amide bonds. The smallest absolute Gasteiger partial charge is 0.336 e. The van der Waals surface area contributed by atoms with E-state index in [-0.39, 0.29) is 12.6 Å². The van der Waals surface area contributed by atoms with Gasteiger partial charge in [0.2, 0.25) is 13.6 Å². The zero-order chi connectivity index (χ0) is 33.0. The molecule has 10 nitrogen and oxygen atoms in total. The first kappa shape index (κ1) is 37.7. The van der Waals surface area contributed by atoms with Crippen molar-refractivity contribution in [3.05, 3.63) is 41.9 Å². The van der Waals surface area contributed by atoms with E-state index in [1.807, 2.05) is 0 Å². The highest BCUT2D eigenvalue weighted by Gasteiger charge is 2.34. The average molecular weight is 636 g/mol. The van der Waals surface area contributed by atoms with Crippen molar-refractivity contribution < 1.29 is 32.7 Å². The Kier molecular flexibility index (Phi) is 14.3. The number of hydrogen-bond donors (Lipinski definition) is 2. The lowest BCUT2D eigenvalue weighted by molar-refractivity contribution is -0.162. The number of carbonyl (C=O) groups excluding carboxylic acids is 2. The third-order valence-corrected chi connectivity index (χ3v) is 8.98. The molecular formula is C33H54N3O7P. The summed E-state index contributed by atoms with van der Waals surface area (Å²) in [4.78, 5) is 32.1. The molecule has 0 aliphatic rings. The minimum Gasteiger partial charge on any atom is -0.438 e. The molecule has 2 rings (SSSR count). The number of ether oxygens (including phenoxy) is 2. The summed E-state index contributed by atoms with van der Waals surface area (Å²) >= 11 is 0. The van der Waals surface area contributed by atoms with Crippen LogP contribution in [0.1, 0.15) is 112 Å². The van der Waals surface area contributed by atoms with E-state index in [1.54, 1.807) is 54.7 Å². The number of imidazole rings is 1. The SMILES string of the molecule is CCCCCCCCc1ccc(-c2cnc([C@@](C)(N)CCP(=O)(OCOC(=O)C(C)(C)C)OCOC(=O)C(C)(C)C)[nH]2)cc1. The van der Waals surface area contributed by atoms with Gasteiger partial charge in [-0.15, -0.1) is 0 Å². The maximum absolute atomic E-state index is 13.6. The second-order valence-electron chi connectivity index (χ2n) is 13.7. The largest absolute Gasteiger partial charge is 0.438 e. The molecule has 1 aromatic carbocycles. The van der Waals surface area contributed by atoms with Crippen LogP contribution in [0.3, 0.4) is 0 Å². The van der Waals surface area contributed by atoms with Gasteiger partial charge in [0, 0.05) is 0 Å². The maximum Gasteiger partial charge on any atom is 0.336 e. The highest BCUT2D eigenvalue weighted by Crippen LogP contribution is 2.50. The van der Waals surface area contributed by atoms with Crippen molar-refractivity contribution in [2.75, 3.05) is 19.7 Å². The Morgan fingerprint density at radius 2 is 1.36 bits per heavy atom. The van der Waals surface area contributed by atoms with Gasteiger partial charge in [-0.05, 0) is 78.9 Å². The standard InChI is InChI=1S/C33H54N3O7P/c1-9-10-11-12-13-14-15-25-16-18-26(19-17-25)27-22-35-28(36-27)33(8,34)20-21-44(39,42-23-40-29(37)31(2,3)4)43-24-41-30(38)32(5,6)7/h16-19,22H,9-15,20-21,23-24,34H2,1-8H3,(H,35,36)/t33-/m0/s1. The topological polar surface area (TPSA) is 143 Å². The third kappa shape index (κ3) is 12.8. The number of esters is 2. The zero-order valence-electron chi connectivity index (χ0n) is 28.0. The molecule has 0 fully saturated rings. The summed E-state index contributed by atoms with van der Waals surface area (Å²) in [6.45, 7) is 13.0.